The maximum Gasteiger partial charge on any atom is 0.204 e. The minimum Gasteiger partial charge on any atom is -0.493 e. The minimum atomic E-state index is 0.468. The van der Waals surface area contributed by atoms with Crippen LogP contribution in [0.5, 0.6) is 11.5 Å². The lowest BCUT2D eigenvalue weighted by Gasteiger charge is -2.11. The summed E-state index contributed by atoms with van der Waals surface area (Å²) in [7, 11) is 1.63. The van der Waals surface area contributed by atoms with Crippen LogP contribution < -0.4 is 14.9 Å². The van der Waals surface area contributed by atoms with Crippen LogP contribution in [0.3, 0.4) is 0 Å². The second kappa shape index (κ2) is 9.07. The number of anilines is 1. The van der Waals surface area contributed by atoms with Gasteiger partial charge < -0.3 is 9.47 Å². The number of nitrogens with zero attached hydrogens (tertiary/aromatic N) is 2. The normalized spacial score (nSPS) is 11.1. The Morgan fingerprint density at radius 3 is 2.69 bits per heavy atom. The number of hydrogen-bond acceptors (Lipinski definition) is 6. The number of thiazole rings is 1. The summed E-state index contributed by atoms with van der Waals surface area (Å²) >= 11 is 5.00. The molecule has 0 amide bonds. The molecule has 4 aromatic rings. The fourth-order valence-corrected chi connectivity index (χ4v) is 3.79. The number of benzene rings is 3. The van der Waals surface area contributed by atoms with Crippen molar-refractivity contribution in [2.24, 2.45) is 5.10 Å². The summed E-state index contributed by atoms with van der Waals surface area (Å²) in [5.41, 5.74) is 5.93. The quantitative estimate of drug-likeness (QED) is 0.263. The highest BCUT2D eigenvalue weighted by Crippen LogP contribution is 2.29. The van der Waals surface area contributed by atoms with Crippen LogP contribution in [0.2, 0.25) is 0 Å². The number of aromatic nitrogens is 1. The Kier molecular flexibility index (Phi) is 6.07. The standard InChI is InChI=1S/C22H18BrN3O2S/c1-27-20-12-16(8-11-19(20)28-14-15-6-9-17(23)10-7-15)13-24-26-22-25-18-4-2-3-5-21(18)29-22/h2-13H,14H2,1H3,(H,25,26)/b24-13+. The Hall–Kier alpha value is -2.90. The predicted molar refractivity (Wildman–Crippen MR) is 122 cm³/mol. The number of ether oxygens (including phenoxy) is 2. The van der Waals surface area contributed by atoms with Crippen LogP contribution in [0.25, 0.3) is 10.2 Å². The summed E-state index contributed by atoms with van der Waals surface area (Å²) in [6, 6.07) is 21.7. The van der Waals surface area contributed by atoms with Crippen molar-refractivity contribution in [1.82, 2.24) is 4.98 Å². The van der Waals surface area contributed by atoms with Gasteiger partial charge in [-0.15, -0.1) is 0 Å². The maximum atomic E-state index is 5.91. The Morgan fingerprint density at radius 1 is 1.07 bits per heavy atom. The van der Waals surface area contributed by atoms with Crippen LogP contribution in [-0.2, 0) is 6.61 Å². The third-order valence-electron chi connectivity index (χ3n) is 4.16. The molecule has 0 atom stereocenters. The zero-order valence-corrected chi connectivity index (χ0v) is 18.0. The molecule has 0 fully saturated rings. The molecule has 0 radical (unpaired) electrons. The van der Waals surface area contributed by atoms with Crippen LogP contribution in [-0.4, -0.2) is 18.3 Å². The van der Waals surface area contributed by atoms with Crippen LogP contribution >= 0.6 is 27.3 Å². The lowest BCUT2D eigenvalue weighted by atomic mass is 10.2. The van der Waals surface area contributed by atoms with Crippen LogP contribution in [0.1, 0.15) is 11.1 Å². The lowest BCUT2D eigenvalue weighted by Crippen LogP contribution is -1.98. The van der Waals surface area contributed by atoms with E-state index in [1.807, 2.05) is 66.7 Å². The summed E-state index contributed by atoms with van der Waals surface area (Å²) in [5, 5.41) is 5.04. The van der Waals surface area contributed by atoms with Crippen molar-refractivity contribution < 1.29 is 9.47 Å². The van der Waals surface area contributed by atoms with E-state index in [-0.39, 0.29) is 0 Å². The number of methoxy groups -OCH3 is 1. The van der Waals surface area contributed by atoms with Crippen molar-refractivity contribution in [1.29, 1.82) is 0 Å². The number of hydrazone groups is 1. The fourth-order valence-electron chi connectivity index (χ4n) is 2.71. The lowest BCUT2D eigenvalue weighted by molar-refractivity contribution is 0.284. The molecule has 0 saturated heterocycles. The average molecular weight is 468 g/mol. The van der Waals surface area contributed by atoms with E-state index in [2.05, 4.69) is 31.4 Å². The van der Waals surface area contributed by atoms with Crippen LogP contribution in [0.4, 0.5) is 5.13 Å². The van der Waals surface area contributed by atoms with E-state index in [1.54, 1.807) is 24.7 Å². The SMILES string of the molecule is COc1cc(/C=N/Nc2nc3ccccc3s2)ccc1OCc1ccc(Br)cc1. The maximum absolute atomic E-state index is 5.91. The molecule has 1 aromatic heterocycles. The highest BCUT2D eigenvalue weighted by molar-refractivity contribution is 9.10. The van der Waals surface area contributed by atoms with Gasteiger partial charge in [0.1, 0.15) is 6.61 Å². The third kappa shape index (κ3) is 4.93. The first-order valence-electron chi connectivity index (χ1n) is 8.91. The Bertz CT molecular complexity index is 1110. The van der Waals surface area contributed by atoms with Gasteiger partial charge in [0.2, 0.25) is 5.13 Å². The van der Waals surface area contributed by atoms with Crippen molar-refractivity contribution in [3.63, 3.8) is 0 Å². The van der Waals surface area contributed by atoms with E-state index in [0.29, 0.717) is 18.1 Å². The van der Waals surface area contributed by atoms with E-state index >= 15 is 0 Å². The summed E-state index contributed by atoms with van der Waals surface area (Å²) in [4.78, 5) is 4.50. The zero-order chi connectivity index (χ0) is 20.1. The molecule has 3 aromatic carbocycles. The van der Waals surface area contributed by atoms with E-state index in [9.17, 15) is 0 Å². The number of nitrogens with one attached hydrogen (secondary N) is 1. The first kappa shape index (κ1) is 19.4. The molecular weight excluding hydrogens is 450 g/mol. The van der Waals surface area contributed by atoms with Crippen LogP contribution in [0.15, 0.2) is 76.3 Å². The van der Waals surface area contributed by atoms with E-state index < -0.39 is 0 Å². The fraction of sp³-hybridized carbons (Fsp3) is 0.0909. The second-order valence-corrected chi connectivity index (χ2v) is 8.13. The molecule has 1 N–H and O–H groups in total. The number of halogens is 1. The zero-order valence-electron chi connectivity index (χ0n) is 15.6. The molecule has 146 valence electrons. The molecule has 7 heteroatoms. The van der Waals surface area contributed by atoms with Crippen molar-refractivity contribution >= 4 is 48.8 Å². The van der Waals surface area contributed by atoms with E-state index in [4.69, 9.17) is 9.47 Å². The Balaban J connectivity index is 1.41. The molecule has 0 aliphatic rings. The summed E-state index contributed by atoms with van der Waals surface area (Å²) in [6.45, 7) is 0.468. The van der Waals surface area contributed by atoms with Crippen molar-refractivity contribution in [2.75, 3.05) is 12.5 Å². The molecular formula is C22H18BrN3O2S. The first-order chi connectivity index (χ1) is 14.2. The molecule has 5 nitrogen and oxygen atoms in total. The van der Waals surface area contributed by atoms with E-state index in [1.165, 1.54) is 0 Å². The second-order valence-electron chi connectivity index (χ2n) is 6.18. The van der Waals surface area contributed by atoms with Gasteiger partial charge in [0.15, 0.2) is 11.5 Å². The molecule has 0 aliphatic carbocycles. The molecule has 0 bridgehead atoms. The highest BCUT2D eigenvalue weighted by Gasteiger charge is 2.06. The largest absolute Gasteiger partial charge is 0.493 e. The van der Waals surface area contributed by atoms with Gasteiger partial charge in [0.25, 0.3) is 0 Å². The molecule has 0 unspecified atom stereocenters. The van der Waals surface area contributed by atoms with Gasteiger partial charge >= 0.3 is 0 Å². The number of hydrogen-bond donors (Lipinski definition) is 1. The van der Waals surface area contributed by atoms with E-state index in [0.717, 1.165) is 30.9 Å². The molecule has 0 saturated carbocycles. The highest BCUT2D eigenvalue weighted by atomic mass is 79.9. The van der Waals surface area contributed by atoms with Gasteiger partial charge in [-0.25, -0.2) is 4.98 Å². The molecule has 29 heavy (non-hydrogen) atoms. The molecule has 0 aliphatic heterocycles. The van der Waals surface area contributed by atoms with Crippen LogP contribution in [0, 0.1) is 0 Å². The van der Waals surface area contributed by atoms with Gasteiger partial charge in [-0.2, -0.15) is 5.10 Å². The Morgan fingerprint density at radius 2 is 1.90 bits per heavy atom. The third-order valence-corrected chi connectivity index (χ3v) is 5.63. The first-order valence-corrected chi connectivity index (χ1v) is 10.5. The van der Waals surface area contributed by atoms with Gasteiger partial charge in [0, 0.05) is 4.47 Å². The van der Waals surface area contributed by atoms with Crippen molar-refractivity contribution in [3.05, 3.63) is 82.3 Å². The number of para-hydroxylation sites is 1. The minimum absolute atomic E-state index is 0.468. The monoisotopic (exact) mass is 467 g/mol. The predicted octanol–water partition coefficient (Wildman–Crippen LogP) is 6.09. The molecule has 4 rings (SSSR count). The van der Waals surface area contributed by atoms with Crippen molar-refractivity contribution in [2.45, 2.75) is 6.61 Å². The summed E-state index contributed by atoms with van der Waals surface area (Å²) in [5.74, 6) is 1.35. The number of rotatable bonds is 7. The van der Waals surface area contributed by atoms with Gasteiger partial charge in [-0.05, 0) is 53.6 Å². The summed E-state index contributed by atoms with van der Waals surface area (Å²) < 4.78 is 13.5. The summed E-state index contributed by atoms with van der Waals surface area (Å²) in [6.07, 6.45) is 1.73. The molecule has 1 heterocycles. The number of fused-ring (bicyclic) bond motifs is 1. The molecule has 0 spiro atoms. The Labute approximate surface area is 181 Å². The van der Waals surface area contributed by atoms with Gasteiger partial charge in [-0.3, -0.25) is 5.43 Å². The van der Waals surface area contributed by atoms with Gasteiger partial charge in [-0.1, -0.05) is 51.5 Å². The van der Waals surface area contributed by atoms with Crippen molar-refractivity contribution in [3.8, 4) is 11.5 Å². The van der Waals surface area contributed by atoms with Gasteiger partial charge in [0.05, 0.1) is 23.5 Å². The smallest absolute Gasteiger partial charge is 0.204 e. The topological polar surface area (TPSA) is 55.7 Å². The average Bonchev–Trinajstić information content (AvgIpc) is 3.16.